The van der Waals surface area contributed by atoms with E-state index in [9.17, 15) is 32.6 Å². The van der Waals surface area contributed by atoms with Crippen LogP contribution in [0.3, 0.4) is 0 Å². The standard InChI is InChI=1S/C22H19ClF4N2O3/c1-2-10-9-21(32,22(25,26)27)20(12-3-5-13(23)19(31)17(10)12)28-15-7-6-14(24)18-11(15)4-8-16(30)29-18/h3-8,10,20,28,31-32H,2,9H2,1H3,(H,29,30)/t10-,20+,21+/m1/s1. The van der Waals surface area contributed by atoms with Gasteiger partial charge in [0.25, 0.3) is 0 Å². The Balaban J connectivity index is 1.95. The smallest absolute Gasteiger partial charge is 0.419 e. The van der Waals surface area contributed by atoms with Crippen LogP contribution in [0, 0.1) is 5.82 Å². The Morgan fingerprint density at radius 1 is 1.22 bits per heavy atom. The van der Waals surface area contributed by atoms with Gasteiger partial charge in [-0.1, -0.05) is 24.6 Å². The van der Waals surface area contributed by atoms with E-state index in [2.05, 4.69) is 10.3 Å². The molecule has 2 aromatic carbocycles. The number of benzene rings is 2. The summed E-state index contributed by atoms with van der Waals surface area (Å²) in [6.07, 6.45) is -5.50. The number of phenolic OH excluding ortho intramolecular Hbond substituents is 1. The summed E-state index contributed by atoms with van der Waals surface area (Å²) in [5.74, 6) is -1.89. The van der Waals surface area contributed by atoms with Gasteiger partial charge in [0, 0.05) is 22.7 Å². The molecule has 1 aliphatic carbocycles. The van der Waals surface area contributed by atoms with E-state index in [1.165, 1.54) is 24.3 Å². The third kappa shape index (κ3) is 3.40. The van der Waals surface area contributed by atoms with Gasteiger partial charge in [0.05, 0.1) is 16.6 Å². The minimum atomic E-state index is -5.02. The van der Waals surface area contributed by atoms with Crippen molar-refractivity contribution >= 4 is 28.2 Å². The van der Waals surface area contributed by atoms with Crippen molar-refractivity contribution < 1.29 is 27.8 Å². The summed E-state index contributed by atoms with van der Waals surface area (Å²) in [6.45, 7) is 1.66. The molecule has 0 spiro atoms. The lowest BCUT2D eigenvalue weighted by Gasteiger charge is -2.46. The number of phenols is 1. The third-order valence-corrected chi connectivity index (χ3v) is 6.39. The average molecular weight is 471 g/mol. The van der Waals surface area contributed by atoms with Crippen LogP contribution in [0.15, 0.2) is 41.2 Å². The molecular formula is C22H19ClF4N2O3. The summed E-state index contributed by atoms with van der Waals surface area (Å²) in [6, 6.07) is 5.50. The summed E-state index contributed by atoms with van der Waals surface area (Å²) >= 11 is 6.02. The van der Waals surface area contributed by atoms with Crippen molar-refractivity contribution in [3.05, 3.63) is 68.7 Å². The SMILES string of the molecule is CC[C@@H]1C[C@@](O)(C(F)(F)F)[C@@H](Nc2ccc(F)c3[nH]c(=O)ccc23)c2ccc(Cl)c(O)c21. The van der Waals surface area contributed by atoms with Gasteiger partial charge < -0.3 is 20.5 Å². The predicted octanol–water partition coefficient (Wildman–Crippen LogP) is 5.37. The Hall–Kier alpha value is -2.78. The predicted molar refractivity (Wildman–Crippen MR) is 113 cm³/mol. The van der Waals surface area contributed by atoms with Crippen LogP contribution in [-0.2, 0) is 0 Å². The van der Waals surface area contributed by atoms with Gasteiger partial charge in [-0.2, -0.15) is 13.2 Å². The van der Waals surface area contributed by atoms with Crippen molar-refractivity contribution in [2.45, 2.75) is 43.5 Å². The monoisotopic (exact) mass is 470 g/mol. The molecule has 0 saturated carbocycles. The van der Waals surface area contributed by atoms with Crippen molar-refractivity contribution in [2.24, 2.45) is 0 Å². The van der Waals surface area contributed by atoms with Crippen LogP contribution in [0.25, 0.3) is 10.9 Å². The minimum absolute atomic E-state index is 0.0109. The number of aliphatic hydroxyl groups is 1. The third-order valence-electron chi connectivity index (χ3n) is 6.08. The Bertz CT molecular complexity index is 1260. The molecule has 0 aliphatic heterocycles. The number of H-pyrrole nitrogens is 1. The number of aromatic amines is 1. The van der Waals surface area contributed by atoms with Gasteiger partial charge in [-0.25, -0.2) is 4.39 Å². The van der Waals surface area contributed by atoms with E-state index < -0.39 is 41.5 Å². The molecule has 1 heterocycles. The maximum Gasteiger partial charge on any atom is 0.419 e. The van der Waals surface area contributed by atoms with Crippen molar-refractivity contribution in [3.8, 4) is 5.75 Å². The molecule has 5 nitrogen and oxygen atoms in total. The quantitative estimate of drug-likeness (QED) is 0.388. The summed E-state index contributed by atoms with van der Waals surface area (Å²) < 4.78 is 56.8. The fourth-order valence-corrected chi connectivity index (χ4v) is 4.62. The van der Waals surface area contributed by atoms with Crippen molar-refractivity contribution in [1.82, 2.24) is 4.98 Å². The molecule has 1 aromatic heterocycles. The number of fused-ring (bicyclic) bond motifs is 2. The van der Waals surface area contributed by atoms with Crippen LogP contribution < -0.4 is 10.9 Å². The van der Waals surface area contributed by atoms with Gasteiger partial charge >= 0.3 is 6.18 Å². The Morgan fingerprint density at radius 2 is 1.94 bits per heavy atom. The molecule has 3 aromatic rings. The highest BCUT2D eigenvalue weighted by Gasteiger charge is 2.62. The van der Waals surface area contributed by atoms with E-state index in [-0.39, 0.29) is 44.9 Å². The van der Waals surface area contributed by atoms with Gasteiger partial charge in [-0.15, -0.1) is 0 Å². The fraction of sp³-hybridized carbons (Fsp3) is 0.318. The average Bonchev–Trinajstić information content (AvgIpc) is 2.73. The van der Waals surface area contributed by atoms with Crippen LogP contribution in [0.2, 0.25) is 5.02 Å². The zero-order valence-electron chi connectivity index (χ0n) is 16.7. The van der Waals surface area contributed by atoms with Gasteiger partial charge in [0.15, 0.2) is 5.60 Å². The second-order valence-electron chi connectivity index (χ2n) is 7.91. The van der Waals surface area contributed by atoms with E-state index in [0.29, 0.717) is 0 Å². The van der Waals surface area contributed by atoms with Gasteiger partial charge in [-0.3, -0.25) is 4.79 Å². The van der Waals surface area contributed by atoms with E-state index in [0.717, 1.165) is 12.1 Å². The van der Waals surface area contributed by atoms with E-state index in [1.807, 2.05) is 0 Å². The summed E-state index contributed by atoms with van der Waals surface area (Å²) in [5.41, 5.74) is -3.61. The van der Waals surface area contributed by atoms with Crippen LogP contribution >= 0.6 is 11.6 Å². The normalized spacial score (nSPS) is 23.2. The highest BCUT2D eigenvalue weighted by atomic mass is 35.5. The number of aromatic nitrogens is 1. The first kappa shape index (κ1) is 22.4. The number of hydrogen-bond donors (Lipinski definition) is 4. The summed E-state index contributed by atoms with van der Waals surface area (Å²) in [4.78, 5) is 13.9. The van der Waals surface area contributed by atoms with Crippen LogP contribution in [0.1, 0.15) is 42.9 Å². The van der Waals surface area contributed by atoms with Gasteiger partial charge in [-0.05, 0) is 48.6 Å². The molecule has 10 heteroatoms. The molecule has 170 valence electrons. The first-order valence-electron chi connectivity index (χ1n) is 9.86. The zero-order valence-corrected chi connectivity index (χ0v) is 17.5. The Labute approximate surface area is 184 Å². The highest BCUT2D eigenvalue weighted by Crippen LogP contribution is 2.56. The second kappa shape index (κ2) is 7.67. The van der Waals surface area contributed by atoms with E-state index in [4.69, 9.17) is 11.6 Å². The molecular weight excluding hydrogens is 452 g/mol. The maximum atomic E-state index is 14.2. The zero-order chi connectivity index (χ0) is 23.4. The lowest BCUT2D eigenvalue weighted by Crippen LogP contribution is -2.55. The van der Waals surface area contributed by atoms with E-state index in [1.54, 1.807) is 6.92 Å². The van der Waals surface area contributed by atoms with Gasteiger partial charge in [0.2, 0.25) is 5.56 Å². The fourth-order valence-electron chi connectivity index (χ4n) is 4.45. The number of rotatable bonds is 3. The Kier molecular flexibility index (Phi) is 5.37. The Morgan fingerprint density at radius 3 is 2.59 bits per heavy atom. The van der Waals surface area contributed by atoms with Crippen molar-refractivity contribution in [2.75, 3.05) is 5.32 Å². The number of nitrogens with one attached hydrogen (secondary N) is 2. The summed E-state index contributed by atoms with van der Waals surface area (Å²) in [7, 11) is 0. The second-order valence-corrected chi connectivity index (χ2v) is 8.32. The van der Waals surface area contributed by atoms with E-state index >= 15 is 0 Å². The maximum absolute atomic E-state index is 14.2. The molecule has 0 amide bonds. The van der Waals surface area contributed by atoms with Crippen LogP contribution in [-0.4, -0.2) is 27.0 Å². The number of halogens is 5. The first-order chi connectivity index (χ1) is 15.0. The van der Waals surface area contributed by atoms with Crippen LogP contribution in [0.5, 0.6) is 5.75 Å². The molecule has 4 N–H and O–H groups in total. The minimum Gasteiger partial charge on any atom is -0.506 e. The molecule has 3 atom stereocenters. The summed E-state index contributed by atoms with van der Waals surface area (Å²) in [5, 5.41) is 24.3. The molecule has 1 aliphatic rings. The highest BCUT2D eigenvalue weighted by molar-refractivity contribution is 6.32. The molecule has 0 unspecified atom stereocenters. The number of hydrogen-bond acceptors (Lipinski definition) is 4. The molecule has 0 fully saturated rings. The number of alkyl halides is 3. The van der Waals surface area contributed by atoms with Crippen molar-refractivity contribution in [3.63, 3.8) is 0 Å². The first-order valence-corrected chi connectivity index (χ1v) is 10.2. The number of anilines is 1. The molecule has 32 heavy (non-hydrogen) atoms. The van der Waals surface area contributed by atoms with Gasteiger partial charge in [0.1, 0.15) is 11.6 Å². The lowest BCUT2D eigenvalue weighted by molar-refractivity contribution is -0.272. The molecule has 0 saturated heterocycles. The van der Waals surface area contributed by atoms with Crippen LogP contribution in [0.4, 0.5) is 23.2 Å². The largest absolute Gasteiger partial charge is 0.506 e. The molecule has 4 rings (SSSR count). The number of pyridine rings is 1. The molecule has 0 radical (unpaired) electrons. The topological polar surface area (TPSA) is 85.4 Å². The lowest BCUT2D eigenvalue weighted by atomic mass is 9.69. The van der Waals surface area contributed by atoms with Crippen molar-refractivity contribution in [1.29, 1.82) is 0 Å². The number of aromatic hydroxyl groups is 1. The molecule has 0 bridgehead atoms.